The molecular formula is C18H18Cl2FNO2. The molecule has 2 rings (SSSR count). The van der Waals surface area contributed by atoms with E-state index < -0.39 is 11.4 Å². The molecule has 0 fully saturated rings. The van der Waals surface area contributed by atoms with E-state index in [2.05, 4.69) is 5.32 Å². The van der Waals surface area contributed by atoms with Crippen LogP contribution in [0.25, 0.3) is 0 Å². The third kappa shape index (κ3) is 4.47. The van der Waals surface area contributed by atoms with Gasteiger partial charge in [-0.2, -0.15) is 0 Å². The number of halogens is 3. The van der Waals surface area contributed by atoms with Gasteiger partial charge in [-0.25, -0.2) is 4.39 Å². The maximum Gasteiger partial charge on any atom is 0.224 e. The first kappa shape index (κ1) is 18.7. The standard InChI is InChI=1S/C18H18Cl2FNO2/c1-18(24-2,12-5-3-6-13(19)9-12)11-22-17(23)10-14-15(20)7-4-8-16(14)21/h3-9H,10-11H2,1-2H3,(H,22,23). The van der Waals surface area contributed by atoms with Crippen molar-refractivity contribution in [1.29, 1.82) is 0 Å². The van der Waals surface area contributed by atoms with Crippen LogP contribution in [0.15, 0.2) is 42.5 Å². The van der Waals surface area contributed by atoms with Gasteiger partial charge in [-0.1, -0.05) is 41.4 Å². The fraction of sp³-hybridized carbons (Fsp3) is 0.278. The van der Waals surface area contributed by atoms with E-state index in [9.17, 15) is 9.18 Å². The second kappa shape index (κ2) is 7.97. The van der Waals surface area contributed by atoms with E-state index in [4.69, 9.17) is 27.9 Å². The molecule has 1 atom stereocenters. The van der Waals surface area contributed by atoms with Crippen LogP contribution in [-0.4, -0.2) is 19.6 Å². The van der Waals surface area contributed by atoms with E-state index in [0.29, 0.717) is 5.02 Å². The quantitative estimate of drug-likeness (QED) is 0.821. The predicted octanol–water partition coefficient (Wildman–Crippen LogP) is 4.35. The molecule has 0 aromatic heterocycles. The Balaban J connectivity index is 2.06. The lowest BCUT2D eigenvalue weighted by Gasteiger charge is -2.29. The molecule has 0 heterocycles. The van der Waals surface area contributed by atoms with Crippen LogP contribution in [0.3, 0.4) is 0 Å². The Morgan fingerprint density at radius 2 is 1.96 bits per heavy atom. The molecule has 1 N–H and O–H groups in total. The van der Waals surface area contributed by atoms with Gasteiger partial charge in [0.2, 0.25) is 5.91 Å². The number of carbonyl (C=O) groups is 1. The summed E-state index contributed by atoms with van der Waals surface area (Å²) in [5.41, 5.74) is 0.264. The summed E-state index contributed by atoms with van der Waals surface area (Å²) in [7, 11) is 1.56. The normalized spacial score (nSPS) is 13.4. The van der Waals surface area contributed by atoms with E-state index in [-0.39, 0.29) is 29.5 Å². The maximum atomic E-state index is 13.8. The number of hydrogen-bond acceptors (Lipinski definition) is 2. The summed E-state index contributed by atoms with van der Waals surface area (Å²) >= 11 is 12.0. The van der Waals surface area contributed by atoms with Crippen molar-refractivity contribution in [2.75, 3.05) is 13.7 Å². The Kier molecular flexibility index (Phi) is 6.21. The van der Waals surface area contributed by atoms with Gasteiger partial charge in [0, 0.05) is 22.7 Å². The molecule has 0 saturated heterocycles. The average Bonchev–Trinajstić information content (AvgIpc) is 2.56. The van der Waals surface area contributed by atoms with E-state index in [1.165, 1.54) is 12.1 Å². The van der Waals surface area contributed by atoms with Crippen LogP contribution >= 0.6 is 23.2 Å². The van der Waals surface area contributed by atoms with Gasteiger partial charge in [0.1, 0.15) is 11.4 Å². The van der Waals surface area contributed by atoms with Crippen molar-refractivity contribution < 1.29 is 13.9 Å². The van der Waals surface area contributed by atoms with Crippen LogP contribution < -0.4 is 5.32 Å². The van der Waals surface area contributed by atoms with Crippen LogP contribution in [0, 0.1) is 5.82 Å². The predicted molar refractivity (Wildman–Crippen MR) is 93.9 cm³/mol. The summed E-state index contributed by atoms with van der Waals surface area (Å²) in [5, 5.41) is 3.58. The highest BCUT2D eigenvalue weighted by Crippen LogP contribution is 2.26. The first-order chi connectivity index (χ1) is 11.4. The van der Waals surface area contributed by atoms with Gasteiger partial charge >= 0.3 is 0 Å². The molecule has 0 saturated carbocycles. The largest absolute Gasteiger partial charge is 0.372 e. The molecule has 128 valence electrons. The Morgan fingerprint density at radius 1 is 1.25 bits per heavy atom. The van der Waals surface area contributed by atoms with Gasteiger partial charge in [-0.05, 0) is 36.8 Å². The highest BCUT2D eigenvalue weighted by molar-refractivity contribution is 6.31. The number of ether oxygens (including phenoxy) is 1. The number of rotatable bonds is 6. The zero-order valence-electron chi connectivity index (χ0n) is 13.4. The number of hydrogen-bond donors (Lipinski definition) is 1. The van der Waals surface area contributed by atoms with Crippen LogP contribution in [0.5, 0.6) is 0 Å². The molecule has 1 unspecified atom stereocenters. The molecule has 0 spiro atoms. The molecule has 6 heteroatoms. The summed E-state index contributed by atoms with van der Waals surface area (Å²) in [5.74, 6) is -0.839. The van der Waals surface area contributed by atoms with Crippen LogP contribution in [-0.2, 0) is 21.6 Å². The molecule has 2 aromatic rings. The first-order valence-electron chi connectivity index (χ1n) is 7.36. The van der Waals surface area contributed by atoms with Crippen LogP contribution in [0.4, 0.5) is 4.39 Å². The molecule has 0 aliphatic carbocycles. The molecule has 0 aliphatic heterocycles. The molecule has 0 bridgehead atoms. The third-order valence-electron chi connectivity index (χ3n) is 3.91. The van der Waals surface area contributed by atoms with Gasteiger partial charge < -0.3 is 10.1 Å². The number of nitrogens with one attached hydrogen (secondary N) is 1. The lowest BCUT2D eigenvalue weighted by molar-refractivity contribution is -0.122. The number of benzene rings is 2. The Bertz CT molecular complexity index is 718. The topological polar surface area (TPSA) is 38.3 Å². The zero-order chi connectivity index (χ0) is 17.7. The van der Waals surface area contributed by atoms with E-state index in [1.807, 2.05) is 19.1 Å². The van der Waals surface area contributed by atoms with Gasteiger partial charge in [-0.3, -0.25) is 4.79 Å². The highest BCUT2D eigenvalue weighted by atomic mass is 35.5. The van der Waals surface area contributed by atoms with Crippen molar-refractivity contribution in [2.24, 2.45) is 0 Å². The molecule has 1 amide bonds. The van der Waals surface area contributed by atoms with Crippen molar-refractivity contribution in [2.45, 2.75) is 18.9 Å². The summed E-state index contributed by atoms with van der Waals surface area (Å²) in [6.07, 6.45) is -0.138. The monoisotopic (exact) mass is 369 g/mol. The van der Waals surface area contributed by atoms with Crippen LogP contribution in [0.1, 0.15) is 18.1 Å². The number of carbonyl (C=O) groups excluding carboxylic acids is 1. The summed E-state index contributed by atoms with van der Waals surface area (Å²) < 4.78 is 19.3. The van der Waals surface area contributed by atoms with Crippen molar-refractivity contribution >= 4 is 29.1 Å². The van der Waals surface area contributed by atoms with Gasteiger partial charge in [0.25, 0.3) is 0 Å². The molecule has 2 aromatic carbocycles. The molecule has 3 nitrogen and oxygen atoms in total. The minimum absolute atomic E-state index is 0.138. The zero-order valence-corrected chi connectivity index (χ0v) is 14.9. The summed E-state index contributed by atoms with van der Waals surface area (Å²) in [6, 6.07) is 11.6. The summed E-state index contributed by atoms with van der Waals surface area (Å²) in [6.45, 7) is 2.06. The molecule has 24 heavy (non-hydrogen) atoms. The van der Waals surface area contributed by atoms with Crippen molar-refractivity contribution in [3.63, 3.8) is 0 Å². The lowest BCUT2D eigenvalue weighted by Crippen LogP contribution is -2.40. The Labute approximate surface area is 150 Å². The Morgan fingerprint density at radius 3 is 2.58 bits per heavy atom. The van der Waals surface area contributed by atoms with E-state index >= 15 is 0 Å². The first-order valence-corrected chi connectivity index (χ1v) is 8.12. The fourth-order valence-corrected chi connectivity index (χ4v) is 2.72. The number of amides is 1. The van der Waals surface area contributed by atoms with Crippen molar-refractivity contribution in [1.82, 2.24) is 5.32 Å². The SMILES string of the molecule is COC(C)(CNC(=O)Cc1c(F)cccc1Cl)c1cccc(Cl)c1. The maximum absolute atomic E-state index is 13.8. The van der Waals surface area contributed by atoms with E-state index in [1.54, 1.807) is 25.3 Å². The highest BCUT2D eigenvalue weighted by Gasteiger charge is 2.27. The third-order valence-corrected chi connectivity index (χ3v) is 4.50. The molecule has 0 radical (unpaired) electrons. The van der Waals surface area contributed by atoms with Gasteiger partial charge in [0.05, 0.1) is 13.0 Å². The minimum Gasteiger partial charge on any atom is -0.372 e. The van der Waals surface area contributed by atoms with E-state index in [0.717, 1.165) is 5.56 Å². The van der Waals surface area contributed by atoms with Crippen molar-refractivity contribution in [3.8, 4) is 0 Å². The van der Waals surface area contributed by atoms with Gasteiger partial charge in [-0.15, -0.1) is 0 Å². The minimum atomic E-state index is -0.750. The number of methoxy groups -OCH3 is 1. The van der Waals surface area contributed by atoms with Crippen LogP contribution in [0.2, 0.25) is 10.0 Å². The fourth-order valence-electron chi connectivity index (χ4n) is 2.30. The second-order valence-corrected chi connectivity index (χ2v) is 6.44. The summed E-state index contributed by atoms with van der Waals surface area (Å²) in [4.78, 5) is 12.2. The second-order valence-electron chi connectivity index (χ2n) is 5.60. The van der Waals surface area contributed by atoms with Gasteiger partial charge in [0.15, 0.2) is 0 Å². The Hall–Kier alpha value is -1.62. The smallest absolute Gasteiger partial charge is 0.224 e. The molecular weight excluding hydrogens is 352 g/mol. The lowest BCUT2D eigenvalue weighted by atomic mass is 9.95. The van der Waals surface area contributed by atoms with Crippen molar-refractivity contribution in [3.05, 3.63) is 69.5 Å². The molecule has 0 aliphatic rings. The average molecular weight is 370 g/mol.